The van der Waals surface area contributed by atoms with Crippen LogP contribution < -0.4 is 10.6 Å². The maximum atomic E-state index is 12.3. The summed E-state index contributed by atoms with van der Waals surface area (Å²) >= 11 is 0. The number of aromatic nitrogens is 3. The van der Waals surface area contributed by atoms with E-state index in [0.717, 1.165) is 12.8 Å². The van der Waals surface area contributed by atoms with Crippen LogP contribution >= 0.6 is 0 Å². The summed E-state index contributed by atoms with van der Waals surface area (Å²) in [6.45, 7) is 2.11. The molecule has 0 radical (unpaired) electrons. The highest BCUT2D eigenvalue weighted by Crippen LogP contribution is 2.33. The van der Waals surface area contributed by atoms with Crippen LogP contribution in [-0.2, 0) is 46.5 Å². The summed E-state index contributed by atoms with van der Waals surface area (Å²) in [5.74, 6) is -5.28. The maximum absolute atomic E-state index is 12.3. The molecule has 1 saturated heterocycles. The summed E-state index contributed by atoms with van der Waals surface area (Å²) in [7, 11) is 1.59. The third-order valence-electron chi connectivity index (χ3n) is 6.81. The van der Waals surface area contributed by atoms with Gasteiger partial charge < -0.3 is 55.1 Å². The van der Waals surface area contributed by atoms with E-state index in [9.17, 15) is 34.8 Å². The van der Waals surface area contributed by atoms with Crippen molar-refractivity contribution in [2.24, 2.45) is 0 Å². The molecule has 1 aliphatic heterocycles. The van der Waals surface area contributed by atoms with Gasteiger partial charge in [0.25, 0.3) is 5.79 Å². The highest BCUT2D eigenvalue weighted by molar-refractivity contribution is 5.78. The lowest BCUT2D eigenvalue weighted by atomic mass is 9.88. The Hall–Kier alpha value is -2.77. The Bertz CT molecular complexity index is 997. The van der Waals surface area contributed by atoms with Gasteiger partial charge in [-0.2, -0.15) is 0 Å². The van der Waals surface area contributed by atoms with Gasteiger partial charge in [0, 0.05) is 33.0 Å². The first-order chi connectivity index (χ1) is 20.6. The largest absolute Gasteiger partial charge is 0.477 e. The molecule has 0 aliphatic carbocycles. The minimum atomic E-state index is -2.39. The number of carboxylic acid groups (broad SMARTS) is 1. The van der Waals surface area contributed by atoms with Gasteiger partial charge in [0.05, 0.1) is 50.9 Å². The summed E-state index contributed by atoms with van der Waals surface area (Å²) in [5, 5.41) is 64.0. The number of aliphatic carboxylic acids is 1. The van der Waals surface area contributed by atoms with Gasteiger partial charge >= 0.3 is 5.97 Å². The number of rotatable bonds is 21. The standard InChI is InChI=1S/C26H45N5O12/c1-3-20(35)27-13-19(34)23(37)24-22(28-21(36)15-32)18(33)12-26(43-24,25(38)39)42-9-7-5-4-6-8-31-14-17(29-30-31)16-41-11-10-40-2/h14,18-19,22-24,32-34,37H,3-13,15-16H2,1-2H3,(H,27,35)(H,28,36)(H,38,39)/t18-,19+,22+,23+,24+,26+/m0/s1. The van der Waals surface area contributed by atoms with Gasteiger partial charge in [0.2, 0.25) is 11.8 Å². The van der Waals surface area contributed by atoms with Crippen molar-refractivity contribution in [3.8, 4) is 0 Å². The molecule has 0 saturated carbocycles. The third kappa shape index (κ3) is 11.7. The Kier molecular flexibility index (Phi) is 15.9. The SMILES string of the molecule is CCC(=O)NC[C@@H](O)[C@@H](O)[C@@H]1O[C@@](OCCCCCCn2cc(COCCOC)nn2)(C(=O)O)C[C@H](O)[C@H]1NC(=O)CO. The number of amides is 2. The smallest absolute Gasteiger partial charge is 0.364 e. The number of hydrogen-bond donors (Lipinski definition) is 7. The van der Waals surface area contributed by atoms with Crippen molar-refractivity contribution in [2.75, 3.05) is 40.1 Å². The Balaban J connectivity index is 1.92. The first-order valence-corrected chi connectivity index (χ1v) is 14.3. The summed E-state index contributed by atoms with van der Waals surface area (Å²) < 4.78 is 23.3. The molecule has 1 fully saturated rings. The zero-order valence-corrected chi connectivity index (χ0v) is 24.6. The highest BCUT2D eigenvalue weighted by atomic mass is 16.7. The quantitative estimate of drug-likeness (QED) is 0.0714. The van der Waals surface area contributed by atoms with E-state index in [1.54, 1.807) is 24.9 Å². The Labute approximate surface area is 249 Å². The van der Waals surface area contributed by atoms with Crippen LogP contribution in [0.4, 0.5) is 0 Å². The maximum Gasteiger partial charge on any atom is 0.364 e. The second kappa shape index (κ2) is 18.8. The molecule has 1 aromatic heterocycles. The zero-order valence-electron chi connectivity index (χ0n) is 24.6. The van der Waals surface area contributed by atoms with E-state index >= 15 is 0 Å². The second-order valence-electron chi connectivity index (χ2n) is 10.2. The molecule has 7 N–H and O–H groups in total. The van der Waals surface area contributed by atoms with E-state index in [1.807, 2.05) is 0 Å². The number of nitrogens with zero attached hydrogens (tertiary/aromatic N) is 3. The van der Waals surface area contributed by atoms with Crippen molar-refractivity contribution < 1.29 is 58.9 Å². The second-order valence-corrected chi connectivity index (χ2v) is 10.2. The lowest BCUT2D eigenvalue weighted by Crippen LogP contribution is -2.68. The van der Waals surface area contributed by atoms with Gasteiger partial charge in [0.1, 0.15) is 24.5 Å². The summed E-state index contributed by atoms with van der Waals surface area (Å²) in [6, 6.07) is -1.39. The average Bonchev–Trinajstić information content (AvgIpc) is 3.45. The number of aliphatic hydroxyl groups is 4. The molecule has 0 unspecified atom stereocenters. The zero-order chi connectivity index (χ0) is 31.8. The number of carbonyl (C=O) groups is 3. The van der Waals surface area contributed by atoms with Crippen LogP contribution in [0.25, 0.3) is 0 Å². The number of methoxy groups -OCH3 is 1. The Morgan fingerprint density at radius 1 is 1.16 bits per heavy atom. The van der Waals surface area contributed by atoms with Crippen molar-refractivity contribution in [1.29, 1.82) is 0 Å². The molecule has 17 nitrogen and oxygen atoms in total. The fraction of sp³-hybridized carbons (Fsp3) is 0.808. The minimum absolute atomic E-state index is 0.0586. The van der Waals surface area contributed by atoms with Crippen molar-refractivity contribution in [3.63, 3.8) is 0 Å². The fourth-order valence-corrected chi connectivity index (χ4v) is 4.43. The lowest BCUT2D eigenvalue weighted by molar-refractivity contribution is -0.310. The molecule has 0 aromatic carbocycles. The van der Waals surface area contributed by atoms with Crippen LogP contribution in [-0.4, -0.2) is 135 Å². The Morgan fingerprint density at radius 3 is 2.58 bits per heavy atom. The molecule has 2 heterocycles. The predicted octanol–water partition coefficient (Wildman–Crippen LogP) is -2.33. The number of carboxylic acids is 1. The first-order valence-electron chi connectivity index (χ1n) is 14.3. The number of carbonyl (C=O) groups excluding carboxylic acids is 2. The highest BCUT2D eigenvalue weighted by Gasteiger charge is 2.55. The predicted molar refractivity (Wildman–Crippen MR) is 146 cm³/mol. The third-order valence-corrected chi connectivity index (χ3v) is 6.81. The van der Waals surface area contributed by atoms with Crippen LogP contribution in [0, 0.1) is 0 Å². The van der Waals surface area contributed by atoms with Crippen molar-refractivity contribution in [3.05, 3.63) is 11.9 Å². The van der Waals surface area contributed by atoms with E-state index in [0.29, 0.717) is 44.9 Å². The molecular formula is C26H45N5O12. The van der Waals surface area contributed by atoms with Crippen molar-refractivity contribution in [1.82, 2.24) is 25.6 Å². The van der Waals surface area contributed by atoms with E-state index in [4.69, 9.17) is 24.1 Å². The van der Waals surface area contributed by atoms with E-state index < -0.39 is 73.6 Å². The molecule has 6 atom stereocenters. The molecule has 0 bridgehead atoms. The van der Waals surface area contributed by atoms with Gasteiger partial charge in [-0.15, -0.1) is 5.10 Å². The normalized spacial score (nSPS) is 23.4. The lowest BCUT2D eigenvalue weighted by Gasteiger charge is -2.46. The van der Waals surface area contributed by atoms with Crippen LogP contribution in [0.3, 0.4) is 0 Å². The fourth-order valence-electron chi connectivity index (χ4n) is 4.43. The number of ether oxygens (including phenoxy) is 4. The molecule has 246 valence electrons. The van der Waals surface area contributed by atoms with E-state index in [2.05, 4.69) is 20.9 Å². The van der Waals surface area contributed by atoms with Crippen LogP contribution in [0.5, 0.6) is 0 Å². The van der Waals surface area contributed by atoms with Crippen LogP contribution in [0.1, 0.15) is 51.1 Å². The molecule has 2 amide bonds. The molecule has 1 aliphatic rings. The summed E-state index contributed by atoms with van der Waals surface area (Å²) in [6.07, 6.45) is -2.75. The van der Waals surface area contributed by atoms with Gasteiger partial charge in [-0.05, 0) is 12.8 Å². The van der Waals surface area contributed by atoms with Crippen molar-refractivity contribution in [2.45, 2.75) is 94.8 Å². The molecule has 2 rings (SSSR count). The average molecular weight is 620 g/mol. The monoisotopic (exact) mass is 619 g/mol. The summed E-state index contributed by atoms with van der Waals surface area (Å²) in [4.78, 5) is 35.7. The van der Waals surface area contributed by atoms with E-state index in [1.165, 1.54) is 0 Å². The van der Waals surface area contributed by atoms with Crippen LogP contribution in [0.2, 0.25) is 0 Å². The first kappa shape index (κ1) is 36.4. The van der Waals surface area contributed by atoms with Crippen LogP contribution in [0.15, 0.2) is 6.20 Å². The number of aliphatic hydroxyl groups excluding tert-OH is 4. The number of nitrogens with one attached hydrogen (secondary N) is 2. The molecule has 43 heavy (non-hydrogen) atoms. The van der Waals surface area contributed by atoms with Gasteiger partial charge in [-0.25, -0.2) is 4.79 Å². The Morgan fingerprint density at radius 2 is 1.91 bits per heavy atom. The number of aryl methyl sites for hydroxylation is 1. The molecular weight excluding hydrogens is 574 g/mol. The minimum Gasteiger partial charge on any atom is -0.477 e. The molecule has 1 aromatic rings. The van der Waals surface area contributed by atoms with Gasteiger partial charge in [-0.3, -0.25) is 14.3 Å². The molecule has 0 spiro atoms. The van der Waals surface area contributed by atoms with E-state index in [-0.39, 0.29) is 13.0 Å². The topological polar surface area (TPSA) is 244 Å². The number of unbranched alkanes of at least 4 members (excludes halogenated alkanes) is 3. The van der Waals surface area contributed by atoms with Gasteiger partial charge in [0.15, 0.2) is 0 Å². The number of hydrogen-bond acceptors (Lipinski definition) is 13. The van der Waals surface area contributed by atoms with Crippen molar-refractivity contribution >= 4 is 17.8 Å². The van der Waals surface area contributed by atoms with Gasteiger partial charge in [-0.1, -0.05) is 25.0 Å². The summed E-state index contributed by atoms with van der Waals surface area (Å²) in [5.41, 5.74) is 0.706. The molecule has 17 heteroatoms.